The van der Waals surface area contributed by atoms with Crippen molar-refractivity contribution in [2.24, 2.45) is 0 Å². The zero-order valence-electron chi connectivity index (χ0n) is 10.8. The molecule has 1 aliphatic heterocycles. The average molecular weight is 255 g/mol. The second-order valence-corrected chi connectivity index (χ2v) is 4.69. The van der Waals surface area contributed by atoms with E-state index in [4.69, 9.17) is 0 Å². The minimum atomic E-state index is 0. The zero-order chi connectivity index (χ0) is 11.4. The minimum Gasteiger partial charge on any atom is -0.314 e. The molecule has 3 heteroatoms. The first-order valence-corrected chi connectivity index (χ1v) is 6.32. The van der Waals surface area contributed by atoms with Crippen LogP contribution in [0.3, 0.4) is 0 Å². The van der Waals surface area contributed by atoms with E-state index in [9.17, 15) is 0 Å². The fraction of sp³-hybridized carbons (Fsp3) is 0.571. The smallest absolute Gasteiger partial charge is 0.0237 e. The summed E-state index contributed by atoms with van der Waals surface area (Å²) in [4.78, 5) is 2.55. The third kappa shape index (κ3) is 3.98. The monoisotopic (exact) mass is 254 g/mol. The number of hydrogen-bond donors (Lipinski definition) is 1. The van der Waals surface area contributed by atoms with E-state index >= 15 is 0 Å². The molecule has 1 atom stereocenters. The summed E-state index contributed by atoms with van der Waals surface area (Å²) in [5.41, 5.74) is 2.86. The standard InChI is InChI=1S/C14H22N2.ClH/c1-3-13-4-6-14(7-5-13)11-16-9-8-15-10-12(16)2;/h4-7,12,15H,3,8-11H2,1-2H3;1H. The van der Waals surface area contributed by atoms with Crippen LogP contribution in [-0.2, 0) is 13.0 Å². The number of hydrogen-bond acceptors (Lipinski definition) is 2. The molecular formula is C14H23ClN2. The van der Waals surface area contributed by atoms with Gasteiger partial charge in [-0.05, 0) is 24.5 Å². The molecular weight excluding hydrogens is 232 g/mol. The Kier molecular flexibility index (Phi) is 5.96. The summed E-state index contributed by atoms with van der Waals surface area (Å²) in [5, 5.41) is 3.43. The van der Waals surface area contributed by atoms with Crippen LogP contribution in [0.4, 0.5) is 0 Å². The van der Waals surface area contributed by atoms with Crippen LogP contribution in [0.15, 0.2) is 24.3 Å². The average Bonchev–Trinajstić information content (AvgIpc) is 2.33. The summed E-state index contributed by atoms with van der Waals surface area (Å²) < 4.78 is 0. The number of aryl methyl sites for hydroxylation is 1. The minimum absolute atomic E-state index is 0. The number of nitrogens with zero attached hydrogens (tertiary/aromatic N) is 1. The van der Waals surface area contributed by atoms with Crippen molar-refractivity contribution in [3.05, 3.63) is 35.4 Å². The van der Waals surface area contributed by atoms with E-state index in [1.165, 1.54) is 11.1 Å². The van der Waals surface area contributed by atoms with E-state index in [1.54, 1.807) is 0 Å². The van der Waals surface area contributed by atoms with Gasteiger partial charge in [-0.25, -0.2) is 0 Å². The lowest BCUT2D eigenvalue weighted by molar-refractivity contribution is 0.165. The quantitative estimate of drug-likeness (QED) is 0.892. The van der Waals surface area contributed by atoms with Gasteiger partial charge in [0.15, 0.2) is 0 Å². The first kappa shape index (κ1) is 14.5. The van der Waals surface area contributed by atoms with Gasteiger partial charge in [-0.2, -0.15) is 0 Å². The van der Waals surface area contributed by atoms with Gasteiger partial charge in [0.1, 0.15) is 0 Å². The van der Waals surface area contributed by atoms with Crippen molar-refractivity contribution in [3.63, 3.8) is 0 Å². The summed E-state index contributed by atoms with van der Waals surface area (Å²) in [7, 11) is 0. The molecule has 0 aliphatic carbocycles. The van der Waals surface area contributed by atoms with Gasteiger partial charge in [0.2, 0.25) is 0 Å². The van der Waals surface area contributed by atoms with Gasteiger partial charge in [-0.3, -0.25) is 4.90 Å². The lowest BCUT2D eigenvalue weighted by Crippen LogP contribution is -2.49. The van der Waals surface area contributed by atoms with E-state index in [1.807, 2.05) is 0 Å². The van der Waals surface area contributed by atoms with E-state index in [0.29, 0.717) is 6.04 Å². The molecule has 1 saturated heterocycles. The fourth-order valence-corrected chi connectivity index (χ4v) is 2.23. The molecule has 1 fully saturated rings. The third-order valence-corrected chi connectivity index (χ3v) is 3.46. The zero-order valence-corrected chi connectivity index (χ0v) is 11.6. The van der Waals surface area contributed by atoms with E-state index in [-0.39, 0.29) is 12.4 Å². The Bertz CT molecular complexity index is 323. The van der Waals surface area contributed by atoms with Gasteiger partial charge in [-0.15, -0.1) is 12.4 Å². The van der Waals surface area contributed by atoms with Gasteiger partial charge in [0.25, 0.3) is 0 Å². The number of benzene rings is 1. The number of halogens is 1. The summed E-state index contributed by atoms with van der Waals surface area (Å²) in [6, 6.07) is 9.70. The van der Waals surface area contributed by atoms with Crippen LogP contribution < -0.4 is 5.32 Å². The van der Waals surface area contributed by atoms with Crippen molar-refractivity contribution < 1.29 is 0 Å². The van der Waals surface area contributed by atoms with Gasteiger partial charge < -0.3 is 5.32 Å². The molecule has 1 aromatic rings. The molecule has 2 rings (SSSR count). The normalized spacial score (nSPS) is 20.9. The van der Waals surface area contributed by atoms with Crippen molar-refractivity contribution in [1.29, 1.82) is 0 Å². The summed E-state index contributed by atoms with van der Waals surface area (Å²) in [5.74, 6) is 0. The molecule has 1 aromatic carbocycles. The molecule has 0 amide bonds. The topological polar surface area (TPSA) is 15.3 Å². The molecule has 1 heterocycles. The van der Waals surface area contributed by atoms with Crippen LogP contribution in [0.25, 0.3) is 0 Å². The highest BCUT2D eigenvalue weighted by atomic mass is 35.5. The van der Waals surface area contributed by atoms with Crippen LogP contribution in [0, 0.1) is 0 Å². The Labute approximate surface area is 111 Å². The highest BCUT2D eigenvalue weighted by molar-refractivity contribution is 5.85. The SMILES string of the molecule is CCc1ccc(CN2CCNCC2C)cc1.Cl. The predicted molar refractivity (Wildman–Crippen MR) is 75.8 cm³/mol. The van der Waals surface area contributed by atoms with E-state index < -0.39 is 0 Å². The first-order valence-electron chi connectivity index (χ1n) is 6.32. The van der Waals surface area contributed by atoms with Crippen LogP contribution in [0.1, 0.15) is 25.0 Å². The molecule has 1 N–H and O–H groups in total. The number of nitrogens with one attached hydrogen (secondary N) is 1. The largest absolute Gasteiger partial charge is 0.314 e. The predicted octanol–water partition coefficient (Wildman–Crippen LogP) is 2.46. The maximum Gasteiger partial charge on any atom is 0.0237 e. The molecule has 0 spiro atoms. The number of piperazine rings is 1. The Morgan fingerprint density at radius 1 is 1.24 bits per heavy atom. The van der Waals surface area contributed by atoms with Crippen molar-refractivity contribution in [2.75, 3.05) is 19.6 Å². The van der Waals surface area contributed by atoms with Crippen LogP contribution in [0.5, 0.6) is 0 Å². The summed E-state index contributed by atoms with van der Waals surface area (Å²) >= 11 is 0. The van der Waals surface area contributed by atoms with Gasteiger partial charge >= 0.3 is 0 Å². The maximum atomic E-state index is 3.43. The van der Waals surface area contributed by atoms with Gasteiger partial charge in [0.05, 0.1) is 0 Å². The lowest BCUT2D eigenvalue weighted by atomic mass is 10.1. The molecule has 2 nitrogen and oxygen atoms in total. The second-order valence-electron chi connectivity index (χ2n) is 4.69. The van der Waals surface area contributed by atoms with Gasteiger partial charge in [-0.1, -0.05) is 31.2 Å². The van der Waals surface area contributed by atoms with E-state index in [0.717, 1.165) is 32.6 Å². The van der Waals surface area contributed by atoms with Crippen molar-refractivity contribution >= 4 is 12.4 Å². The fourth-order valence-electron chi connectivity index (χ4n) is 2.23. The lowest BCUT2D eigenvalue weighted by Gasteiger charge is -2.33. The van der Waals surface area contributed by atoms with Gasteiger partial charge in [0, 0.05) is 32.2 Å². The molecule has 96 valence electrons. The molecule has 17 heavy (non-hydrogen) atoms. The Hall–Kier alpha value is -0.570. The Balaban J connectivity index is 0.00000144. The van der Waals surface area contributed by atoms with Crippen LogP contribution in [0.2, 0.25) is 0 Å². The highest BCUT2D eigenvalue weighted by Gasteiger charge is 2.17. The summed E-state index contributed by atoms with van der Waals surface area (Å²) in [6.45, 7) is 8.99. The third-order valence-electron chi connectivity index (χ3n) is 3.46. The number of rotatable bonds is 3. The second kappa shape index (κ2) is 7.00. The Morgan fingerprint density at radius 3 is 2.47 bits per heavy atom. The van der Waals surface area contributed by atoms with Crippen molar-refractivity contribution in [1.82, 2.24) is 10.2 Å². The molecule has 0 radical (unpaired) electrons. The van der Waals surface area contributed by atoms with Crippen molar-refractivity contribution in [2.45, 2.75) is 32.9 Å². The first-order chi connectivity index (χ1) is 7.79. The summed E-state index contributed by atoms with van der Waals surface area (Å²) in [6.07, 6.45) is 1.13. The molecule has 1 aliphatic rings. The Morgan fingerprint density at radius 2 is 1.88 bits per heavy atom. The highest BCUT2D eigenvalue weighted by Crippen LogP contribution is 2.11. The maximum absolute atomic E-state index is 3.43. The van der Waals surface area contributed by atoms with Crippen molar-refractivity contribution in [3.8, 4) is 0 Å². The molecule has 0 aromatic heterocycles. The molecule has 0 bridgehead atoms. The molecule has 1 unspecified atom stereocenters. The van der Waals surface area contributed by atoms with Crippen LogP contribution in [-0.4, -0.2) is 30.6 Å². The van der Waals surface area contributed by atoms with Crippen LogP contribution >= 0.6 is 12.4 Å². The molecule has 0 saturated carbocycles. The van der Waals surface area contributed by atoms with E-state index in [2.05, 4.69) is 48.3 Å².